The number of aromatic nitrogens is 2. The summed E-state index contributed by atoms with van der Waals surface area (Å²) in [4.78, 5) is 14.8. The number of rotatable bonds is 6. The van der Waals surface area contributed by atoms with Crippen LogP contribution in [0.15, 0.2) is 48.5 Å². The molecular weight excluding hydrogens is 358 g/mol. The highest BCUT2D eigenvalue weighted by Gasteiger charge is 2.42. The molecular formula is C21H21N3O4. The first-order valence-corrected chi connectivity index (χ1v) is 8.96. The van der Waals surface area contributed by atoms with E-state index in [1.807, 2.05) is 30.3 Å². The number of phenolic OH excluding ortho intramolecular Hbond substituents is 1. The number of benzene rings is 2. The van der Waals surface area contributed by atoms with Gasteiger partial charge in [0, 0.05) is 24.8 Å². The third-order valence-corrected chi connectivity index (χ3v) is 4.99. The molecule has 3 aromatic rings. The number of aromatic hydroxyl groups is 1. The lowest BCUT2D eigenvalue weighted by molar-refractivity contribution is 0.0677. The zero-order valence-corrected chi connectivity index (χ0v) is 15.7. The molecule has 7 heteroatoms. The van der Waals surface area contributed by atoms with E-state index in [9.17, 15) is 9.90 Å². The Morgan fingerprint density at radius 3 is 2.57 bits per heavy atom. The SMILES string of the molecule is COCCN1C(=O)c2[nH]nc(-c3ccccc3O)c2[C@H]1c1ccc(OC)cc1. The van der Waals surface area contributed by atoms with E-state index in [1.54, 1.807) is 37.3 Å². The number of aromatic amines is 1. The predicted molar refractivity (Wildman–Crippen MR) is 103 cm³/mol. The number of phenols is 1. The fraction of sp³-hybridized carbons (Fsp3) is 0.238. The highest BCUT2D eigenvalue weighted by Crippen LogP contribution is 2.44. The molecule has 0 bridgehead atoms. The lowest BCUT2D eigenvalue weighted by Gasteiger charge is -2.26. The number of methoxy groups -OCH3 is 2. The Morgan fingerprint density at radius 2 is 1.89 bits per heavy atom. The van der Waals surface area contributed by atoms with E-state index in [0.717, 1.165) is 16.9 Å². The van der Waals surface area contributed by atoms with Crippen LogP contribution in [-0.2, 0) is 4.74 Å². The molecule has 0 fully saturated rings. The van der Waals surface area contributed by atoms with Gasteiger partial charge in [0.15, 0.2) is 0 Å². The second-order valence-electron chi connectivity index (χ2n) is 6.55. The summed E-state index contributed by atoms with van der Waals surface area (Å²) < 4.78 is 10.5. The van der Waals surface area contributed by atoms with Crippen LogP contribution < -0.4 is 4.74 Å². The molecule has 2 N–H and O–H groups in total. The highest BCUT2D eigenvalue weighted by atomic mass is 16.5. The lowest BCUT2D eigenvalue weighted by atomic mass is 9.95. The minimum absolute atomic E-state index is 0.119. The highest BCUT2D eigenvalue weighted by molar-refractivity contribution is 6.00. The Bertz CT molecular complexity index is 997. The molecule has 0 saturated carbocycles. The molecule has 28 heavy (non-hydrogen) atoms. The van der Waals surface area contributed by atoms with Crippen molar-refractivity contribution in [3.63, 3.8) is 0 Å². The second kappa shape index (κ2) is 7.36. The Kier molecular flexibility index (Phi) is 4.75. The van der Waals surface area contributed by atoms with Gasteiger partial charge in [0.25, 0.3) is 5.91 Å². The van der Waals surface area contributed by atoms with Crippen molar-refractivity contribution in [3.8, 4) is 22.8 Å². The topological polar surface area (TPSA) is 87.7 Å². The van der Waals surface area contributed by atoms with Crippen LogP contribution >= 0.6 is 0 Å². The van der Waals surface area contributed by atoms with E-state index in [1.165, 1.54) is 0 Å². The molecule has 2 heterocycles. The number of nitrogens with zero attached hydrogens (tertiary/aromatic N) is 2. The van der Waals surface area contributed by atoms with Crippen LogP contribution in [0, 0.1) is 0 Å². The number of amides is 1. The van der Waals surface area contributed by atoms with E-state index in [0.29, 0.717) is 30.1 Å². The van der Waals surface area contributed by atoms with Gasteiger partial charge in [0.2, 0.25) is 0 Å². The minimum Gasteiger partial charge on any atom is -0.507 e. The molecule has 4 rings (SSSR count). The smallest absolute Gasteiger partial charge is 0.273 e. The van der Waals surface area contributed by atoms with Crippen LogP contribution in [-0.4, -0.2) is 53.5 Å². The summed E-state index contributed by atoms with van der Waals surface area (Å²) >= 11 is 0. The molecule has 0 saturated heterocycles. The maximum absolute atomic E-state index is 13.1. The number of para-hydroxylation sites is 1. The molecule has 0 radical (unpaired) electrons. The Balaban J connectivity index is 1.86. The molecule has 1 aliphatic heterocycles. The van der Waals surface area contributed by atoms with Crippen molar-refractivity contribution in [2.45, 2.75) is 6.04 Å². The fourth-order valence-corrected chi connectivity index (χ4v) is 3.63. The first-order chi connectivity index (χ1) is 13.7. The standard InChI is InChI=1S/C21H21N3O4/c1-27-12-11-24-20(13-7-9-14(28-2)10-8-13)17-18(22-23-19(17)21(24)26)15-5-3-4-6-16(15)25/h3-10,20,25H,11-12H2,1-2H3,(H,22,23)/t20-/m1/s1. The molecule has 1 aliphatic rings. The van der Waals surface area contributed by atoms with Gasteiger partial charge < -0.3 is 19.5 Å². The van der Waals surface area contributed by atoms with Gasteiger partial charge in [-0.05, 0) is 29.8 Å². The predicted octanol–water partition coefficient (Wildman–Crippen LogP) is 2.98. The van der Waals surface area contributed by atoms with E-state index in [-0.39, 0.29) is 17.7 Å². The van der Waals surface area contributed by atoms with Gasteiger partial charge in [0.05, 0.1) is 19.8 Å². The van der Waals surface area contributed by atoms with Crippen molar-refractivity contribution in [3.05, 3.63) is 65.4 Å². The summed E-state index contributed by atoms with van der Waals surface area (Å²) in [6.07, 6.45) is 0. The van der Waals surface area contributed by atoms with Gasteiger partial charge in [-0.15, -0.1) is 0 Å². The normalized spacial score (nSPS) is 15.7. The quantitative estimate of drug-likeness (QED) is 0.687. The summed E-state index contributed by atoms with van der Waals surface area (Å²) in [5.41, 5.74) is 3.28. The molecule has 1 atom stereocenters. The monoisotopic (exact) mass is 379 g/mol. The molecule has 0 unspecified atom stereocenters. The Morgan fingerprint density at radius 1 is 1.14 bits per heavy atom. The van der Waals surface area contributed by atoms with Crippen LogP contribution in [0.1, 0.15) is 27.7 Å². The van der Waals surface area contributed by atoms with Crippen molar-refractivity contribution < 1.29 is 19.4 Å². The fourth-order valence-electron chi connectivity index (χ4n) is 3.63. The average molecular weight is 379 g/mol. The van der Waals surface area contributed by atoms with Crippen LogP contribution in [0.2, 0.25) is 0 Å². The number of H-pyrrole nitrogens is 1. The van der Waals surface area contributed by atoms with E-state index in [4.69, 9.17) is 9.47 Å². The summed E-state index contributed by atoms with van der Waals surface area (Å²) in [5, 5.41) is 17.6. The summed E-state index contributed by atoms with van der Waals surface area (Å²) in [7, 11) is 3.22. The average Bonchev–Trinajstić information content (AvgIpc) is 3.26. The number of hydrogen-bond acceptors (Lipinski definition) is 5. The van der Waals surface area contributed by atoms with Crippen LogP contribution in [0.5, 0.6) is 11.5 Å². The van der Waals surface area contributed by atoms with Gasteiger partial charge in [0.1, 0.15) is 22.9 Å². The first-order valence-electron chi connectivity index (χ1n) is 8.96. The maximum atomic E-state index is 13.1. The van der Waals surface area contributed by atoms with Crippen molar-refractivity contribution in [2.75, 3.05) is 27.4 Å². The maximum Gasteiger partial charge on any atom is 0.273 e. The van der Waals surface area contributed by atoms with Crippen molar-refractivity contribution in [2.24, 2.45) is 0 Å². The van der Waals surface area contributed by atoms with E-state index >= 15 is 0 Å². The number of ether oxygens (including phenoxy) is 2. The number of carbonyl (C=O) groups excluding carboxylic acids is 1. The van der Waals surface area contributed by atoms with E-state index < -0.39 is 0 Å². The molecule has 0 spiro atoms. The van der Waals surface area contributed by atoms with Gasteiger partial charge in [-0.1, -0.05) is 24.3 Å². The number of fused-ring (bicyclic) bond motifs is 1. The molecule has 2 aromatic carbocycles. The summed E-state index contributed by atoms with van der Waals surface area (Å²) in [5.74, 6) is 0.722. The third kappa shape index (κ3) is 2.90. The number of carbonyl (C=O) groups is 1. The van der Waals surface area contributed by atoms with Crippen molar-refractivity contribution >= 4 is 5.91 Å². The number of hydrogen-bond donors (Lipinski definition) is 2. The van der Waals surface area contributed by atoms with Crippen LogP contribution in [0.25, 0.3) is 11.3 Å². The van der Waals surface area contributed by atoms with E-state index in [2.05, 4.69) is 10.2 Å². The van der Waals surface area contributed by atoms with Gasteiger partial charge >= 0.3 is 0 Å². The van der Waals surface area contributed by atoms with Gasteiger partial charge in [-0.25, -0.2) is 0 Å². The molecule has 0 aliphatic carbocycles. The molecule has 144 valence electrons. The zero-order valence-electron chi connectivity index (χ0n) is 15.7. The Hall–Kier alpha value is -3.32. The molecule has 1 amide bonds. The largest absolute Gasteiger partial charge is 0.507 e. The lowest BCUT2D eigenvalue weighted by Crippen LogP contribution is -2.32. The minimum atomic E-state index is -0.336. The number of nitrogens with one attached hydrogen (secondary N) is 1. The first kappa shape index (κ1) is 18.1. The summed E-state index contributed by atoms with van der Waals surface area (Å²) in [6.45, 7) is 0.858. The molecule has 1 aromatic heterocycles. The van der Waals surface area contributed by atoms with Gasteiger partial charge in [-0.3, -0.25) is 9.89 Å². The summed E-state index contributed by atoms with van der Waals surface area (Å²) in [6, 6.07) is 14.3. The molecule has 7 nitrogen and oxygen atoms in total. The van der Waals surface area contributed by atoms with Crippen molar-refractivity contribution in [1.82, 2.24) is 15.1 Å². The van der Waals surface area contributed by atoms with Gasteiger partial charge in [-0.2, -0.15) is 5.10 Å². The van der Waals surface area contributed by atoms with Crippen LogP contribution in [0.4, 0.5) is 0 Å². The Labute approximate surface area is 162 Å². The third-order valence-electron chi connectivity index (χ3n) is 4.99. The van der Waals surface area contributed by atoms with Crippen LogP contribution in [0.3, 0.4) is 0 Å². The second-order valence-corrected chi connectivity index (χ2v) is 6.55. The van der Waals surface area contributed by atoms with Crippen molar-refractivity contribution in [1.29, 1.82) is 0 Å². The zero-order chi connectivity index (χ0) is 19.7.